The van der Waals surface area contributed by atoms with Crippen molar-refractivity contribution in [2.75, 3.05) is 0 Å². The van der Waals surface area contributed by atoms with Crippen LogP contribution in [0, 0.1) is 0 Å². The number of halogens is 3. The average Bonchev–Trinajstić information content (AvgIpc) is 2.37. The molecule has 1 aromatic heterocycles. The fraction of sp³-hybridized carbons (Fsp3) is 0.0714. The van der Waals surface area contributed by atoms with Gasteiger partial charge in [0.2, 0.25) is 0 Å². The number of para-hydroxylation sites is 1. The van der Waals surface area contributed by atoms with Crippen LogP contribution in [0.5, 0.6) is 5.75 Å². The maximum absolute atomic E-state index is 13.0. The van der Waals surface area contributed by atoms with Crippen LogP contribution in [0.1, 0.15) is 5.56 Å². The van der Waals surface area contributed by atoms with Gasteiger partial charge in [0.1, 0.15) is 5.75 Å². The third-order valence-electron chi connectivity index (χ3n) is 2.98. The molecule has 0 saturated carbocycles. The van der Waals surface area contributed by atoms with Gasteiger partial charge in [0.15, 0.2) is 0 Å². The van der Waals surface area contributed by atoms with Gasteiger partial charge < -0.3 is 5.11 Å². The molecule has 2 aromatic carbocycles. The lowest BCUT2D eigenvalue weighted by atomic mass is 10.0. The second kappa shape index (κ2) is 3.85. The van der Waals surface area contributed by atoms with Gasteiger partial charge in [0.05, 0.1) is 22.0 Å². The topological polar surface area (TPSA) is 33.1 Å². The molecule has 0 atom stereocenters. The van der Waals surface area contributed by atoms with E-state index in [9.17, 15) is 18.3 Å². The summed E-state index contributed by atoms with van der Waals surface area (Å²) in [7, 11) is 0. The minimum absolute atomic E-state index is 0.131. The summed E-state index contributed by atoms with van der Waals surface area (Å²) in [5, 5.41) is 10.2. The molecule has 96 valence electrons. The molecule has 0 aliphatic heterocycles. The molecule has 0 fully saturated rings. The van der Waals surface area contributed by atoms with Crippen LogP contribution in [-0.4, -0.2) is 10.1 Å². The maximum Gasteiger partial charge on any atom is 0.417 e. The van der Waals surface area contributed by atoms with Gasteiger partial charge in [-0.05, 0) is 24.3 Å². The zero-order valence-electron chi connectivity index (χ0n) is 9.57. The summed E-state index contributed by atoms with van der Waals surface area (Å²) < 4.78 is 38.9. The maximum atomic E-state index is 13.0. The minimum Gasteiger partial charge on any atom is -0.507 e. The first-order chi connectivity index (χ1) is 8.98. The van der Waals surface area contributed by atoms with Crippen LogP contribution < -0.4 is 0 Å². The predicted molar refractivity (Wildman–Crippen MR) is 65.9 cm³/mol. The Morgan fingerprint density at radius 1 is 0.895 bits per heavy atom. The number of alkyl halides is 3. The van der Waals surface area contributed by atoms with E-state index in [4.69, 9.17) is 0 Å². The second-order valence-corrected chi connectivity index (χ2v) is 4.18. The first kappa shape index (κ1) is 11.8. The Labute approximate surface area is 106 Å². The SMILES string of the molecule is Oc1c2ccccc2nc2cccc(C(F)(F)F)c12. The first-order valence-electron chi connectivity index (χ1n) is 5.56. The van der Waals surface area contributed by atoms with Crippen molar-refractivity contribution in [1.82, 2.24) is 4.98 Å². The Hall–Kier alpha value is -2.30. The van der Waals surface area contributed by atoms with Crippen LogP contribution in [0.2, 0.25) is 0 Å². The number of rotatable bonds is 0. The van der Waals surface area contributed by atoms with Crippen LogP contribution in [-0.2, 0) is 6.18 Å². The third-order valence-corrected chi connectivity index (χ3v) is 2.98. The molecule has 0 saturated heterocycles. The first-order valence-corrected chi connectivity index (χ1v) is 5.56. The van der Waals surface area contributed by atoms with Crippen LogP contribution in [0.15, 0.2) is 42.5 Å². The Morgan fingerprint density at radius 3 is 2.32 bits per heavy atom. The van der Waals surface area contributed by atoms with Crippen molar-refractivity contribution >= 4 is 21.8 Å². The third kappa shape index (κ3) is 1.78. The van der Waals surface area contributed by atoms with Crippen molar-refractivity contribution in [3.05, 3.63) is 48.0 Å². The summed E-state index contributed by atoms with van der Waals surface area (Å²) in [4.78, 5) is 4.15. The highest BCUT2D eigenvalue weighted by molar-refractivity contribution is 6.02. The lowest BCUT2D eigenvalue weighted by molar-refractivity contribution is -0.136. The number of benzene rings is 2. The van der Waals surface area contributed by atoms with Gasteiger partial charge in [-0.15, -0.1) is 0 Å². The Kier molecular flexibility index (Phi) is 2.38. The van der Waals surface area contributed by atoms with E-state index in [1.165, 1.54) is 12.1 Å². The largest absolute Gasteiger partial charge is 0.507 e. The van der Waals surface area contributed by atoms with E-state index in [0.717, 1.165) is 6.07 Å². The zero-order chi connectivity index (χ0) is 13.6. The summed E-state index contributed by atoms with van der Waals surface area (Å²) in [6.07, 6.45) is -4.53. The van der Waals surface area contributed by atoms with Gasteiger partial charge >= 0.3 is 6.18 Å². The second-order valence-electron chi connectivity index (χ2n) is 4.18. The molecule has 0 bridgehead atoms. The number of aromatic hydroxyl groups is 1. The molecule has 2 nitrogen and oxygen atoms in total. The Bertz CT molecular complexity index is 781. The van der Waals surface area contributed by atoms with E-state index in [1.54, 1.807) is 24.3 Å². The molecule has 1 N–H and O–H groups in total. The molecule has 19 heavy (non-hydrogen) atoms. The highest BCUT2D eigenvalue weighted by atomic mass is 19.4. The van der Waals surface area contributed by atoms with Crippen LogP contribution >= 0.6 is 0 Å². The molecule has 5 heteroatoms. The number of hydrogen-bond acceptors (Lipinski definition) is 2. The molecule has 1 heterocycles. The smallest absolute Gasteiger partial charge is 0.417 e. The van der Waals surface area contributed by atoms with Gasteiger partial charge in [-0.25, -0.2) is 4.98 Å². The number of hydrogen-bond donors (Lipinski definition) is 1. The van der Waals surface area contributed by atoms with Gasteiger partial charge in [-0.1, -0.05) is 18.2 Å². The minimum atomic E-state index is -4.53. The fourth-order valence-electron chi connectivity index (χ4n) is 2.15. The molecular formula is C14H8F3NO. The standard InChI is InChI=1S/C14H8F3NO/c15-14(16,17)9-5-3-7-11-12(9)13(19)8-4-1-2-6-10(8)18-11/h1-7H,(H,18,19). The van der Waals surface area contributed by atoms with Gasteiger partial charge in [-0.3, -0.25) is 0 Å². The van der Waals surface area contributed by atoms with Crippen molar-refractivity contribution in [2.24, 2.45) is 0 Å². The van der Waals surface area contributed by atoms with Crippen LogP contribution in [0.4, 0.5) is 13.2 Å². The highest BCUT2D eigenvalue weighted by Gasteiger charge is 2.34. The number of aromatic nitrogens is 1. The normalized spacial score (nSPS) is 12.2. The number of pyridine rings is 1. The summed E-state index contributed by atoms with van der Waals surface area (Å²) in [5.41, 5.74) is -0.279. The van der Waals surface area contributed by atoms with Gasteiger partial charge in [0, 0.05) is 5.39 Å². The molecule has 0 spiro atoms. The van der Waals surface area contributed by atoms with E-state index >= 15 is 0 Å². The summed E-state index contributed by atoms with van der Waals surface area (Å²) in [5.74, 6) is -0.381. The van der Waals surface area contributed by atoms with E-state index in [0.29, 0.717) is 10.9 Å². The Balaban J connectivity index is 2.53. The lowest BCUT2D eigenvalue weighted by Crippen LogP contribution is -2.06. The van der Waals surface area contributed by atoms with Crippen LogP contribution in [0.3, 0.4) is 0 Å². The summed E-state index contributed by atoms with van der Waals surface area (Å²) in [6.45, 7) is 0. The fourth-order valence-corrected chi connectivity index (χ4v) is 2.15. The molecule has 0 radical (unpaired) electrons. The molecule has 0 unspecified atom stereocenters. The van der Waals surface area contributed by atoms with E-state index in [2.05, 4.69) is 4.98 Å². The Morgan fingerprint density at radius 2 is 1.58 bits per heavy atom. The molecule has 0 amide bonds. The molecule has 0 aliphatic rings. The highest BCUT2D eigenvalue weighted by Crippen LogP contribution is 2.40. The van der Waals surface area contributed by atoms with Crippen molar-refractivity contribution < 1.29 is 18.3 Å². The van der Waals surface area contributed by atoms with E-state index in [1.807, 2.05) is 0 Å². The molecule has 3 rings (SSSR count). The summed E-state index contributed by atoms with van der Waals surface area (Å²) >= 11 is 0. The van der Waals surface area contributed by atoms with Gasteiger partial charge in [0.25, 0.3) is 0 Å². The van der Waals surface area contributed by atoms with E-state index in [-0.39, 0.29) is 16.7 Å². The monoisotopic (exact) mass is 263 g/mol. The van der Waals surface area contributed by atoms with Crippen molar-refractivity contribution in [3.63, 3.8) is 0 Å². The average molecular weight is 263 g/mol. The molecule has 0 aliphatic carbocycles. The molecular weight excluding hydrogens is 255 g/mol. The predicted octanol–water partition coefficient (Wildman–Crippen LogP) is 4.11. The van der Waals surface area contributed by atoms with E-state index < -0.39 is 11.7 Å². The quantitative estimate of drug-likeness (QED) is 0.619. The van der Waals surface area contributed by atoms with Gasteiger partial charge in [-0.2, -0.15) is 13.2 Å². The van der Waals surface area contributed by atoms with Crippen LogP contribution in [0.25, 0.3) is 21.8 Å². The van der Waals surface area contributed by atoms with Crippen molar-refractivity contribution in [2.45, 2.75) is 6.18 Å². The zero-order valence-corrected chi connectivity index (χ0v) is 9.57. The number of fused-ring (bicyclic) bond motifs is 2. The summed E-state index contributed by atoms with van der Waals surface area (Å²) in [6, 6.07) is 10.2. The van der Waals surface area contributed by atoms with Crippen molar-refractivity contribution in [1.29, 1.82) is 0 Å². The lowest BCUT2D eigenvalue weighted by Gasteiger charge is -2.12. The van der Waals surface area contributed by atoms with Crippen molar-refractivity contribution in [3.8, 4) is 5.75 Å². The molecule has 3 aromatic rings. The number of nitrogens with zero attached hydrogens (tertiary/aromatic N) is 1.